The van der Waals surface area contributed by atoms with E-state index in [2.05, 4.69) is 6.58 Å². The first-order chi connectivity index (χ1) is 11.2. The minimum atomic E-state index is -2.94. The Labute approximate surface area is 148 Å². The maximum Gasteiger partial charge on any atom is 0.269 e. The van der Waals surface area contributed by atoms with Crippen molar-refractivity contribution in [1.82, 2.24) is 0 Å². The van der Waals surface area contributed by atoms with Crippen LogP contribution in [-0.2, 0) is 4.74 Å². The first-order valence-electron chi connectivity index (χ1n) is 7.94. The van der Waals surface area contributed by atoms with Crippen LogP contribution in [-0.4, -0.2) is 17.6 Å². The van der Waals surface area contributed by atoms with Crippen LogP contribution in [0.1, 0.15) is 43.9 Å². The van der Waals surface area contributed by atoms with Gasteiger partial charge in [-0.15, -0.1) is 0 Å². The highest BCUT2D eigenvalue weighted by atomic mass is 32.1. The average Bonchev–Trinajstić information content (AvgIpc) is 2.50. The van der Waals surface area contributed by atoms with Crippen molar-refractivity contribution in [1.29, 1.82) is 0 Å². The third-order valence-electron chi connectivity index (χ3n) is 3.43. The highest BCUT2D eigenvalue weighted by Crippen LogP contribution is 2.27. The predicted octanol–water partition coefficient (Wildman–Crippen LogP) is 6.27. The van der Waals surface area contributed by atoms with Gasteiger partial charge >= 0.3 is 0 Å². The molecule has 0 aliphatic rings. The minimum Gasteiger partial charge on any atom is -0.483 e. The summed E-state index contributed by atoms with van der Waals surface area (Å²) in [6.07, 6.45) is 5.75. The highest BCUT2D eigenvalue weighted by molar-refractivity contribution is 7.80. The molecular formula is C20H24F2OS. The lowest BCUT2D eigenvalue weighted by atomic mass is 9.96. The summed E-state index contributed by atoms with van der Waals surface area (Å²) in [6, 6.07) is 5.86. The van der Waals surface area contributed by atoms with Gasteiger partial charge in [-0.05, 0) is 49.7 Å². The molecule has 1 nitrogen and oxygen atoms in total. The van der Waals surface area contributed by atoms with Crippen LogP contribution in [0.5, 0.6) is 0 Å². The summed E-state index contributed by atoms with van der Waals surface area (Å²) >= 11 is 5.35. The molecule has 0 saturated heterocycles. The zero-order valence-electron chi connectivity index (χ0n) is 14.7. The number of aryl methyl sites for hydroxylation is 1. The fraction of sp³-hybridized carbons (Fsp3) is 0.350. The number of ether oxygens (including phenoxy) is 1. The van der Waals surface area contributed by atoms with Gasteiger partial charge in [0.2, 0.25) is 0 Å². The fourth-order valence-electron chi connectivity index (χ4n) is 2.11. The van der Waals surface area contributed by atoms with E-state index in [0.29, 0.717) is 11.7 Å². The van der Waals surface area contributed by atoms with Gasteiger partial charge in [0.05, 0.1) is 6.61 Å². The molecule has 1 aromatic rings. The quantitative estimate of drug-likeness (QED) is 0.423. The van der Waals surface area contributed by atoms with Crippen LogP contribution in [0.25, 0.3) is 5.57 Å². The number of hydrogen-bond donors (Lipinski definition) is 0. The normalized spacial score (nSPS) is 12.5. The monoisotopic (exact) mass is 350 g/mol. The maximum atomic E-state index is 13.3. The average molecular weight is 350 g/mol. The lowest BCUT2D eigenvalue weighted by Gasteiger charge is -2.14. The summed E-state index contributed by atoms with van der Waals surface area (Å²) in [4.78, 5) is 0. The van der Waals surface area contributed by atoms with Gasteiger partial charge in [-0.25, -0.2) is 8.78 Å². The van der Waals surface area contributed by atoms with E-state index in [1.165, 1.54) is 6.08 Å². The van der Waals surface area contributed by atoms with E-state index in [9.17, 15) is 8.78 Å². The Morgan fingerprint density at radius 2 is 1.92 bits per heavy atom. The minimum absolute atomic E-state index is 0.231. The molecule has 24 heavy (non-hydrogen) atoms. The third-order valence-corrected chi connectivity index (χ3v) is 3.77. The molecule has 0 aliphatic heterocycles. The number of alkyl halides is 2. The SMILES string of the molecule is C=C(/C=C\C(=C/CC)c1ccc(C)cc1C(=S)OCC)C(C)(F)F. The van der Waals surface area contributed by atoms with Gasteiger partial charge < -0.3 is 4.74 Å². The van der Waals surface area contributed by atoms with E-state index < -0.39 is 5.92 Å². The Morgan fingerprint density at radius 1 is 1.25 bits per heavy atom. The number of halogens is 2. The molecule has 0 saturated carbocycles. The standard InChI is InChI=1S/C20H24F2OS/c1-6-8-16(11-10-15(4)20(5,21)22)17-12-9-14(3)13-18(17)19(24)23-7-2/h8-13H,4,6-7H2,1-3,5H3/b11-10-,16-8+. The second-order valence-electron chi connectivity index (χ2n) is 5.58. The Morgan fingerprint density at radius 3 is 2.46 bits per heavy atom. The largest absolute Gasteiger partial charge is 0.483 e. The van der Waals surface area contributed by atoms with Crippen LogP contribution in [0.15, 0.2) is 48.6 Å². The summed E-state index contributed by atoms with van der Waals surface area (Å²) in [7, 11) is 0. The Hall–Kier alpha value is -1.81. The summed E-state index contributed by atoms with van der Waals surface area (Å²) < 4.78 is 32.1. The van der Waals surface area contributed by atoms with Gasteiger partial charge in [0.15, 0.2) is 5.05 Å². The first-order valence-corrected chi connectivity index (χ1v) is 8.35. The van der Waals surface area contributed by atoms with Crippen molar-refractivity contribution in [3.05, 3.63) is 65.3 Å². The molecule has 0 radical (unpaired) electrons. The molecule has 4 heteroatoms. The van der Waals surface area contributed by atoms with Crippen LogP contribution >= 0.6 is 12.2 Å². The van der Waals surface area contributed by atoms with Crippen molar-refractivity contribution >= 4 is 22.8 Å². The lowest BCUT2D eigenvalue weighted by Crippen LogP contribution is -2.10. The topological polar surface area (TPSA) is 9.23 Å². The van der Waals surface area contributed by atoms with E-state index in [1.807, 2.05) is 45.0 Å². The van der Waals surface area contributed by atoms with E-state index in [-0.39, 0.29) is 5.57 Å². The first kappa shape index (κ1) is 20.2. The van der Waals surface area contributed by atoms with Gasteiger partial charge in [-0.1, -0.05) is 49.4 Å². The van der Waals surface area contributed by atoms with Gasteiger partial charge in [-0.3, -0.25) is 0 Å². The molecule has 0 bridgehead atoms. The van der Waals surface area contributed by atoms with E-state index in [4.69, 9.17) is 17.0 Å². The number of allylic oxidation sites excluding steroid dienone is 5. The zero-order chi connectivity index (χ0) is 18.3. The molecule has 0 aromatic heterocycles. The van der Waals surface area contributed by atoms with E-state index >= 15 is 0 Å². The summed E-state index contributed by atoms with van der Waals surface area (Å²) in [5.74, 6) is -2.94. The molecule has 0 fully saturated rings. The van der Waals surface area contributed by atoms with Gasteiger partial charge in [0.1, 0.15) is 0 Å². The predicted molar refractivity (Wildman–Crippen MR) is 102 cm³/mol. The van der Waals surface area contributed by atoms with Gasteiger partial charge in [-0.2, -0.15) is 0 Å². The summed E-state index contributed by atoms with van der Waals surface area (Å²) in [5.41, 5.74) is 3.31. The number of rotatable bonds is 7. The number of benzene rings is 1. The van der Waals surface area contributed by atoms with Gasteiger partial charge in [0, 0.05) is 18.1 Å². The number of thiocarbonyl (C=S) groups is 1. The van der Waals surface area contributed by atoms with Crippen LogP contribution < -0.4 is 0 Å². The van der Waals surface area contributed by atoms with Crippen molar-refractivity contribution in [3.63, 3.8) is 0 Å². The highest BCUT2D eigenvalue weighted by Gasteiger charge is 2.23. The molecule has 0 heterocycles. The number of hydrogen-bond acceptors (Lipinski definition) is 2. The van der Waals surface area contributed by atoms with Crippen LogP contribution in [0, 0.1) is 6.92 Å². The molecule has 0 atom stereocenters. The molecule has 1 rings (SSSR count). The Bertz CT molecular complexity index is 667. The van der Waals surface area contributed by atoms with E-state index in [1.54, 1.807) is 6.08 Å². The van der Waals surface area contributed by atoms with E-state index in [0.717, 1.165) is 35.6 Å². The Kier molecular flexibility index (Phi) is 7.49. The molecular weight excluding hydrogens is 326 g/mol. The summed E-state index contributed by atoms with van der Waals surface area (Å²) in [5, 5.41) is 0.409. The molecule has 0 unspecified atom stereocenters. The molecule has 0 spiro atoms. The zero-order valence-corrected chi connectivity index (χ0v) is 15.5. The molecule has 0 N–H and O–H groups in total. The lowest BCUT2D eigenvalue weighted by molar-refractivity contribution is 0.0680. The Balaban J connectivity index is 3.32. The van der Waals surface area contributed by atoms with Crippen LogP contribution in [0.4, 0.5) is 8.78 Å². The summed E-state index contributed by atoms with van der Waals surface area (Å²) in [6.45, 7) is 10.6. The third kappa shape index (κ3) is 5.68. The molecule has 1 aromatic carbocycles. The molecule has 130 valence electrons. The second-order valence-corrected chi connectivity index (χ2v) is 5.95. The van der Waals surface area contributed by atoms with Crippen molar-refractivity contribution in [3.8, 4) is 0 Å². The molecule has 0 amide bonds. The van der Waals surface area contributed by atoms with Crippen molar-refractivity contribution < 1.29 is 13.5 Å². The fourth-order valence-corrected chi connectivity index (χ4v) is 2.40. The van der Waals surface area contributed by atoms with Crippen LogP contribution in [0.2, 0.25) is 0 Å². The van der Waals surface area contributed by atoms with Crippen molar-refractivity contribution in [2.75, 3.05) is 6.61 Å². The van der Waals surface area contributed by atoms with Crippen molar-refractivity contribution in [2.45, 2.75) is 40.0 Å². The second kappa shape index (κ2) is 8.88. The van der Waals surface area contributed by atoms with Crippen molar-refractivity contribution in [2.24, 2.45) is 0 Å². The molecule has 0 aliphatic carbocycles. The van der Waals surface area contributed by atoms with Crippen LogP contribution in [0.3, 0.4) is 0 Å². The smallest absolute Gasteiger partial charge is 0.269 e. The van der Waals surface area contributed by atoms with Gasteiger partial charge in [0.25, 0.3) is 5.92 Å². The maximum absolute atomic E-state index is 13.3.